The fourth-order valence-corrected chi connectivity index (χ4v) is 2.66. The maximum absolute atomic E-state index is 4.67. The van der Waals surface area contributed by atoms with E-state index in [1.165, 1.54) is 10.9 Å². The molecular weight excluding hydrogens is 258 g/mol. The molecule has 3 rings (SSSR count). The highest BCUT2D eigenvalue weighted by atomic mass is 15.1. The Kier molecular flexibility index (Phi) is 3.74. The van der Waals surface area contributed by atoms with Crippen molar-refractivity contribution in [2.24, 2.45) is 4.99 Å². The number of aryl methyl sites for hydroxylation is 1. The maximum Gasteiger partial charge on any atom is 0.140 e. The predicted molar refractivity (Wildman–Crippen MR) is 89.5 cm³/mol. The molecule has 0 aliphatic heterocycles. The van der Waals surface area contributed by atoms with Crippen LogP contribution in [-0.4, -0.2) is 15.3 Å². The normalized spacial score (nSPS) is 18.6. The molecule has 0 spiro atoms. The number of hydrogen-bond acceptors (Lipinski definition) is 2. The largest absolute Gasteiger partial charge is 0.325 e. The highest BCUT2D eigenvalue weighted by Gasteiger charge is 2.14. The third-order valence-electron chi connectivity index (χ3n) is 4.12. The number of rotatable bonds is 3. The van der Waals surface area contributed by atoms with Crippen LogP contribution in [0.15, 0.2) is 47.8 Å². The van der Waals surface area contributed by atoms with E-state index in [-0.39, 0.29) is 0 Å². The second kappa shape index (κ2) is 5.68. The Balaban J connectivity index is 2.06. The fourth-order valence-electron chi connectivity index (χ4n) is 2.66. The topological polar surface area (TPSA) is 30.2 Å². The van der Waals surface area contributed by atoms with Gasteiger partial charge in [0.15, 0.2) is 0 Å². The molecule has 0 saturated heterocycles. The SMILES string of the molecule is CCC(C)=Nc1cnc2c(ccn2C2C=CC=CC2)c1C. The molecule has 2 aromatic rings. The third-order valence-corrected chi connectivity index (χ3v) is 4.12. The molecule has 2 aromatic heterocycles. The van der Waals surface area contributed by atoms with E-state index in [1.807, 2.05) is 6.20 Å². The molecule has 1 atom stereocenters. The van der Waals surface area contributed by atoms with Crippen LogP contribution in [0.3, 0.4) is 0 Å². The van der Waals surface area contributed by atoms with Gasteiger partial charge in [-0.1, -0.05) is 31.2 Å². The summed E-state index contributed by atoms with van der Waals surface area (Å²) in [6.07, 6.45) is 14.7. The van der Waals surface area contributed by atoms with Crippen LogP contribution >= 0.6 is 0 Å². The number of fused-ring (bicyclic) bond motifs is 1. The molecule has 1 aliphatic carbocycles. The number of allylic oxidation sites excluding steroid dienone is 4. The molecule has 1 unspecified atom stereocenters. The zero-order valence-electron chi connectivity index (χ0n) is 12.9. The third kappa shape index (κ3) is 2.56. The summed E-state index contributed by atoms with van der Waals surface area (Å²) >= 11 is 0. The molecule has 2 heterocycles. The molecule has 21 heavy (non-hydrogen) atoms. The average molecular weight is 279 g/mol. The van der Waals surface area contributed by atoms with Crippen molar-refractivity contribution in [2.75, 3.05) is 0 Å². The second-order valence-corrected chi connectivity index (χ2v) is 5.55. The summed E-state index contributed by atoms with van der Waals surface area (Å²) < 4.78 is 2.25. The van der Waals surface area contributed by atoms with Crippen molar-refractivity contribution in [1.82, 2.24) is 9.55 Å². The van der Waals surface area contributed by atoms with Gasteiger partial charge in [-0.05, 0) is 38.3 Å². The second-order valence-electron chi connectivity index (χ2n) is 5.55. The molecule has 108 valence electrons. The van der Waals surface area contributed by atoms with Gasteiger partial charge in [-0.15, -0.1) is 0 Å². The van der Waals surface area contributed by atoms with E-state index < -0.39 is 0 Å². The number of nitrogens with zero attached hydrogens (tertiary/aromatic N) is 3. The van der Waals surface area contributed by atoms with Crippen LogP contribution in [0.5, 0.6) is 0 Å². The standard InChI is InChI=1S/C18H21N3/c1-4-13(2)20-17-12-19-18-16(14(17)3)10-11-21(18)15-8-6-5-7-9-15/h5-8,10-12,15H,4,9H2,1-3H3. The molecule has 3 nitrogen and oxygen atoms in total. The van der Waals surface area contributed by atoms with E-state index in [1.54, 1.807) is 0 Å². The Labute approximate surface area is 125 Å². The van der Waals surface area contributed by atoms with Gasteiger partial charge in [0.05, 0.1) is 17.9 Å². The van der Waals surface area contributed by atoms with Crippen LogP contribution in [-0.2, 0) is 0 Å². The Bertz CT molecular complexity index is 747. The lowest BCUT2D eigenvalue weighted by molar-refractivity contribution is 0.624. The molecule has 3 heteroatoms. The lowest BCUT2D eigenvalue weighted by Crippen LogP contribution is -2.06. The van der Waals surface area contributed by atoms with Crippen LogP contribution in [0.25, 0.3) is 11.0 Å². The summed E-state index contributed by atoms with van der Waals surface area (Å²) in [4.78, 5) is 9.33. The van der Waals surface area contributed by atoms with Gasteiger partial charge in [0, 0.05) is 17.3 Å². The number of hydrogen-bond donors (Lipinski definition) is 0. The first-order chi connectivity index (χ1) is 10.2. The van der Waals surface area contributed by atoms with Crippen LogP contribution in [0.1, 0.15) is 38.3 Å². The monoisotopic (exact) mass is 279 g/mol. The summed E-state index contributed by atoms with van der Waals surface area (Å²) in [5.74, 6) is 0. The van der Waals surface area contributed by atoms with Gasteiger partial charge in [-0.3, -0.25) is 4.99 Å². The van der Waals surface area contributed by atoms with Crippen LogP contribution < -0.4 is 0 Å². The smallest absolute Gasteiger partial charge is 0.140 e. The molecule has 0 radical (unpaired) electrons. The highest BCUT2D eigenvalue weighted by molar-refractivity contribution is 5.88. The van der Waals surface area contributed by atoms with Gasteiger partial charge < -0.3 is 4.57 Å². The minimum Gasteiger partial charge on any atom is -0.325 e. The lowest BCUT2D eigenvalue weighted by atomic mass is 10.1. The Morgan fingerprint density at radius 1 is 1.43 bits per heavy atom. The van der Waals surface area contributed by atoms with Crippen molar-refractivity contribution < 1.29 is 0 Å². The van der Waals surface area contributed by atoms with Crippen LogP contribution in [0, 0.1) is 6.92 Å². The van der Waals surface area contributed by atoms with Crippen molar-refractivity contribution in [3.05, 3.63) is 48.3 Å². The molecule has 0 bridgehead atoms. The summed E-state index contributed by atoms with van der Waals surface area (Å²) in [6.45, 7) is 6.32. The molecule has 1 aliphatic rings. The number of aliphatic imine (C=N–C) groups is 1. The van der Waals surface area contributed by atoms with E-state index in [2.05, 4.69) is 71.9 Å². The maximum atomic E-state index is 4.67. The molecule has 0 saturated carbocycles. The van der Waals surface area contributed by atoms with Crippen LogP contribution in [0.4, 0.5) is 5.69 Å². The van der Waals surface area contributed by atoms with Gasteiger partial charge in [0.25, 0.3) is 0 Å². The first kappa shape index (κ1) is 13.8. The van der Waals surface area contributed by atoms with E-state index in [9.17, 15) is 0 Å². The minimum absolute atomic E-state index is 0.367. The average Bonchev–Trinajstić information content (AvgIpc) is 2.95. The highest BCUT2D eigenvalue weighted by Crippen LogP contribution is 2.30. The molecule has 0 amide bonds. The summed E-state index contributed by atoms with van der Waals surface area (Å²) in [7, 11) is 0. The first-order valence-corrected chi connectivity index (χ1v) is 7.54. The van der Waals surface area contributed by atoms with E-state index >= 15 is 0 Å². The quantitative estimate of drug-likeness (QED) is 0.735. The first-order valence-electron chi connectivity index (χ1n) is 7.54. The van der Waals surface area contributed by atoms with Crippen molar-refractivity contribution in [3.8, 4) is 0 Å². The fraction of sp³-hybridized carbons (Fsp3) is 0.333. The van der Waals surface area contributed by atoms with E-state index in [0.29, 0.717) is 6.04 Å². The van der Waals surface area contributed by atoms with Crippen molar-refractivity contribution in [2.45, 2.75) is 39.7 Å². The summed E-state index contributed by atoms with van der Waals surface area (Å²) in [6, 6.07) is 2.52. The summed E-state index contributed by atoms with van der Waals surface area (Å²) in [5, 5.41) is 1.20. The van der Waals surface area contributed by atoms with Gasteiger partial charge in [-0.25, -0.2) is 4.98 Å². The van der Waals surface area contributed by atoms with Gasteiger partial charge in [0.2, 0.25) is 0 Å². The number of aromatic nitrogens is 2. The Morgan fingerprint density at radius 3 is 3.00 bits per heavy atom. The molecule has 0 aromatic carbocycles. The zero-order valence-corrected chi connectivity index (χ0v) is 12.9. The Hall–Kier alpha value is -2.16. The van der Waals surface area contributed by atoms with Crippen molar-refractivity contribution >= 4 is 22.4 Å². The lowest BCUT2D eigenvalue weighted by Gasteiger charge is -2.16. The van der Waals surface area contributed by atoms with E-state index in [0.717, 1.165) is 29.9 Å². The minimum atomic E-state index is 0.367. The van der Waals surface area contributed by atoms with Gasteiger partial charge >= 0.3 is 0 Å². The number of pyridine rings is 1. The van der Waals surface area contributed by atoms with Crippen LogP contribution in [0.2, 0.25) is 0 Å². The van der Waals surface area contributed by atoms with Crippen molar-refractivity contribution in [3.63, 3.8) is 0 Å². The predicted octanol–water partition coefficient (Wildman–Crippen LogP) is 4.90. The zero-order chi connectivity index (χ0) is 14.8. The Morgan fingerprint density at radius 2 is 2.29 bits per heavy atom. The van der Waals surface area contributed by atoms with Gasteiger partial charge in [0.1, 0.15) is 5.65 Å². The molecule has 0 N–H and O–H groups in total. The van der Waals surface area contributed by atoms with E-state index in [4.69, 9.17) is 0 Å². The molecular formula is C18H21N3. The molecule has 0 fully saturated rings. The van der Waals surface area contributed by atoms with Crippen molar-refractivity contribution in [1.29, 1.82) is 0 Å². The van der Waals surface area contributed by atoms with Gasteiger partial charge in [-0.2, -0.15) is 0 Å². The summed E-state index contributed by atoms with van der Waals surface area (Å²) in [5.41, 5.74) is 4.38.